The number of nitrogens with zero attached hydrogens (tertiary/aromatic N) is 3. The first kappa shape index (κ1) is 20.1. The zero-order chi connectivity index (χ0) is 20.4. The summed E-state index contributed by atoms with van der Waals surface area (Å²) in [4.78, 5) is 19.2. The minimum Gasteiger partial charge on any atom is -0.488 e. The Morgan fingerprint density at radius 3 is 2.41 bits per heavy atom. The van der Waals surface area contributed by atoms with E-state index in [0.29, 0.717) is 39.0 Å². The molecule has 0 bridgehead atoms. The Morgan fingerprint density at radius 1 is 1.03 bits per heavy atom. The second kappa shape index (κ2) is 8.28. The molecule has 8 heteroatoms. The average molecular weight is 418 g/mol. The summed E-state index contributed by atoms with van der Waals surface area (Å²) in [5.74, 6) is 0.872. The number of sulfonamides is 1. The summed E-state index contributed by atoms with van der Waals surface area (Å²) in [5.41, 5.74) is 0.867. The molecule has 1 aromatic heterocycles. The number of rotatable bonds is 4. The van der Waals surface area contributed by atoms with Crippen LogP contribution in [0.15, 0.2) is 36.5 Å². The molecular formula is C21H27N3O4S. The SMILES string of the molecule is CS(=O)(=O)N1CCC(C(=O)N2CCC(Oc3cccc4cccnc34)CC2)CC1. The molecule has 2 aromatic rings. The van der Waals surface area contributed by atoms with E-state index in [1.807, 2.05) is 35.2 Å². The lowest BCUT2D eigenvalue weighted by Gasteiger charge is -2.36. The highest BCUT2D eigenvalue weighted by molar-refractivity contribution is 7.88. The van der Waals surface area contributed by atoms with Crippen molar-refractivity contribution in [2.24, 2.45) is 5.92 Å². The van der Waals surface area contributed by atoms with Gasteiger partial charge in [0.05, 0.1) is 6.26 Å². The monoisotopic (exact) mass is 417 g/mol. The number of fused-ring (bicyclic) bond motifs is 1. The summed E-state index contributed by atoms with van der Waals surface area (Å²) in [6.07, 6.45) is 5.85. The Morgan fingerprint density at radius 2 is 1.72 bits per heavy atom. The third-order valence-electron chi connectivity index (χ3n) is 5.92. The van der Waals surface area contributed by atoms with Crippen molar-refractivity contribution in [2.75, 3.05) is 32.4 Å². The van der Waals surface area contributed by atoms with Crippen molar-refractivity contribution in [1.29, 1.82) is 0 Å². The van der Waals surface area contributed by atoms with Crippen molar-refractivity contribution in [3.8, 4) is 5.75 Å². The van der Waals surface area contributed by atoms with Gasteiger partial charge < -0.3 is 9.64 Å². The van der Waals surface area contributed by atoms with Gasteiger partial charge in [-0.2, -0.15) is 0 Å². The highest BCUT2D eigenvalue weighted by atomic mass is 32.2. The van der Waals surface area contributed by atoms with Crippen LogP contribution in [0.4, 0.5) is 0 Å². The van der Waals surface area contributed by atoms with E-state index in [0.717, 1.165) is 29.5 Å². The van der Waals surface area contributed by atoms with Gasteiger partial charge in [0.1, 0.15) is 17.4 Å². The molecule has 4 rings (SSSR count). The average Bonchev–Trinajstić information content (AvgIpc) is 2.73. The standard InChI is InChI=1S/C21H27N3O4S/c1-29(26,27)24-14-7-17(8-15-24)21(25)23-12-9-18(10-13-23)28-19-6-2-4-16-5-3-11-22-20(16)19/h2-6,11,17-18H,7-10,12-15H2,1H3. The summed E-state index contributed by atoms with van der Waals surface area (Å²) in [6.45, 7) is 2.22. The summed E-state index contributed by atoms with van der Waals surface area (Å²) in [6, 6.07) is 9.87. The Balaban J connectivity index is 1.31. The van der Waals surface area contributed by atoms with E-state index in [2.05, 4.69) is 4.98 Å². The molecule has 0 unspecified atom stereocenters. The Bertz CT molecular complexity index is 973. The van der Waals surface area contributed by atoms with Crippen LogP contribution in [0.5, 0.6) is 5.75 Å². The lowest BCUT2D eigenvalue weighted by molar-refractivity contribution is -0.138. The third kappa shape index (κ3) is 4.53. The van der Waals surface area contributed by atoms with Crippen LogP contribution in [0.2, 0.25) is 0 Å². The number of carbonyl (C=O) groups excluding carboxylic acids is 1. The molecule has 0 atom stereocenters. The Hall–Kier alpha value is -2.19. The van der Waals surface area contributed by atoms with Gasteiger partial charge in [0, 0.05) is 56.5 Å². The normalized spacial score (nSPS) is 20.1. The van der Waals surface area contributed by atoms with E-state index in [1.54, 1.807) is 6.20 Å². The first-order chi connectivity index (χ1) is 13.9. The fourth-order valence-corrected chi connectivity index (χ4v) is 5.11. The molecule has 2 aliphatic heterocycles. The number of amides is 1. The first-order valence-electron chi connectivity index (χ1n) is 10.2. The number of benzene rings is 1. The van der Waals surface area contributed by atoms with E-state index >= 15 is 0 Å². The highest BCUT2D eigenvalue weighted by Crippen LogP contribution is 2.28. The molecule has 0 aliphatic carbocycles. The number of piperidine rings is 2. The minimum absolute atomic E-state index is 0.0683. The maximum atomic E-state index is 12.9. The van der Waals surface area contributed by atoms with Gasteiger partial charge in [-0.1, -0.05) is 18.2 Å². The van der Waals surface area contributed by atoms with E-state index in [9.17, 15) is 13.2 Å². The van der Waals surface area contributed by atoms with Crippen LogP contribution >= 0.6 is 0 Å². The molecule has 2 fully saturated rings. The Labute approximate surface area is 171 Å². The van der Waals surface area contributed by atoms with Crippen LogP contribution < -0.4 is 4.74 Å². The first-order valence-corrected chi connectivity index (χ1v) is 12.0. The van der Waals surface area contributed by atoms with Crippen LogP contribution in [0.1, 0.15) is 25.7 Å². The van der Waals surface area contributed by atoms with Crippen molar-refractivity contribution in [3.05, 3.63) is 36.5 Å². The molecule has 3 heterocycles. The Kier molecular flexibility index (Phi) is 5.74. The highest BCUT2D eigenvalue weighted by Gasteiger charge is 2.33. The number of hydrogen-bond acceptors (Lipinski definition) is 5. The van der Waals surface area contributed by atoms with E-state index in [-0.39, 0.29) is 17.9 Å². The topological polar surface area (TPSA) is 79.8 Å². The van der Waals surface area contributed by atoms with Crippen molar-refractivity contribution >= 4 is 26.8 Å². The van der Waals surface area contributed by atoms with Crippen LogP contribution in [-0.4, -0.2) is 67.1 Å². The number of carbonyl (C=O) groups is 1. The minimum atomic E-state index is -3.17. The lowest BCUT2D eigenvalue weighted by Crippen LogP contribution is -2.47. The molecule has 7 nitrogen and oxygen atoms in total. The van der Waals surface area contributed by atoms with Crippen molar-refractivity contribution in [2.45, 2.75) is 31.8 Å². The number of likely N-dealkylation sites (tertiary alicyclic amines) is 1. The fraction of sp³-hybridized carbons (Fsp3) is 0.524. The van der Waals surface area contributed by atoms with Gasteiger partial charge >= 0.3 is 0 Å². The molecule has 1 aromatic carbocycles. The number of aromatic nitrogens is 1. The maximum Gasteiger partial charge on any atom is 0.225 e. The predicted octanol–water partition coefficient (Wildman–Crippen LogP) is 2.28. The van der Waals surface area contributed by atoms with Crippen LogP contribution in [0, 0.1) is 5.92 Å². The molecular weight excluding hydrogens is 390 g/mol. The number of ether oxygens (including phenoxy) is 1. The molecule has 2 saturated heterocycles. The van der Waals surface area contributed by atoms with Gasteiger partial charge in [-0.15, -0.1) is 0 Å². The van der Waals surface area contributed by atoms with Gasteiger partial charge in [0.25, 0.3) is 0 Å². The van der Waals surface area contributed by atoms with Gasteiger partial charge in [0.15, 0.2) is 0 Å². The number of para-hydroxylation sites is 1. The van der Waals surface area contributed by atoms with Crippen LogP contribution in [0.3, 0.4) is 0 Å². The second-order valence-corrected chi connectivity index (χ2v) is 9.89. The van der Waals surface area contributed by atoms with Crippen molar-refractivity contribution < 1.29 is 17.9 Å². The summed E-state index contributed by atoms with van der Waals surface area (Å²) in [7, 11) is -3.17. The molecule has 29 heavy (non-hydrogen) atoms. The lowest BCUT2D eigenvalue weighted by atomic mass is 9.95. The molecule has 0 radical (unpaired) electrons. The van der Waals surface area contributed by atoms with Gasteiger partial charge in [-0.05, 0) is 25.0 Å². The third-order valence-corrected chi connectivity index (χ3v) is 7.22. The van der Waals surface area contributed by atoms with Crippen molar-refractivity contribution in [3.63, 3.8) is 0 Å². The van der Waals surface area contributed by atoms with E-state index in [1.165, 1.54) is 10.6 Å². The molecule has 0 spiro atoms. The number of pyridine rings is 1. The van der Waals surface area contributed by atoms with Gasteiger partial charge in [-0.3, -0.25) is 9.78 Å². The summed E-state index contributed by atoms with van der Waals surface area (Å²) < 4.78 is 31.0. The van der Waals surface area contributed by atoms with E-state index < -0.39 is 10.0 Å². The smallest absolute Gasteiger partial charge is 0.225 e. The molecule has 1 amide bonds. The second-order valence-electron chi connectivity index (χ2n) is 7.91. The van der Waals surface area contributed by atoms with Gasteiger partial charge in [-0.25, -0.2) is 12.7 Å². The quantitative estimate of drug-likeness (QED) is 0.763. The molecule has 0 N–H and O–H groups in total. The zero-order valence-electron chi connectivity index (χ0n) is 16.7. The maximum absolute atomic E-state index is 12.9. The molecule has 2 aliphatic rings. The summed E-state index contributed by atoms with van der Waals surface area (Å²) >= 11 is 0. The zero-order valence-corrected chi connectivity index (χ0v) is 17.5. The largest absolute Gasteiger partial charge is 0.488 e. The van der Waals surface area contributed by atoms with E-state index in [4.69, 9.17) is 4.74 Å². The van der Waals surface area contributed by atoms with Crippen LogP contribution in [0.25, 0.3) is 10.9 Å². The molecule has 156 valence electrons. The molecule has 0 saturated carbocycles. The predicted molar refractivity (Wildman–Crippen MR) is 111 cm³/mol. The summed E-state index contributed by atoms with van der Waals surface area (Å²) in [5, 5.41) is 1.05. The van der Waals surface area contributed by atoms with Crippen molar-refractivity contribution in [1.82, 2.24) is 14.2 Å². The number of hydrogen-bond donors (Lipinski definition) is 0. The van der Waals surface area contributed by atoms with Crippen LogP contribution in [-0.2, 0) is 14.8 Å². The fourth-order valence-electron chi connectivity index (χ4n) is 4.24. The van der Waals surface area contributed by atoms with Gasteiger partial charge in [0.2, 0.25) is 15.9 Å².